The quantitative estimate of drug-likeness (QED) is 0.255. The van der Waals surface area contributed by atoms with Crippen molar-refractivity contribution in [3.63, 3.8) is 0 Å². The van der Waals surface area contributed by atoms with E-state index < -0.39 is 16.8 Å². The molecule has 0 bridgehead atoms. The maximum Gasteiger partial charge on any atom is 0.433 e. The summed E-state index contributed by atoms with van der Waals surface area (Å²) in [5.74, 6) is -0.678. The Hall–Kier alpha value is -2.49. The van der Waals surface area contributed by atoms with E-state index in [1.54, 1.807) is 6.07 Å². The summed E-state index contributed by atoms with van der Waals surface area (Å²) in [6.45, 7) is 0. The number of ether oxygens (including phenoxy) is 1. The van der Waals surface area contributed by atoms with Gasteiger partial charge in [-0.05, 0) is 40.8 Å². The highest BCUT2D eigenvalue weighted by Crippen LogP contribution is 2.24. The molecular formula is C14H7IN2O5. The smallest absolute Gasteiger partial charge is 0.402 e. The summed E-state index contributed by atoms with van der Waals surface area (Å²) in [6, 6.07) is 9.92. The summed E-state index contributed by atoms with van der Waals surface area (Å²) in [5.41, 5.74) is 0.726. The Labute approximate surface area is 137 Å². The summed E-state index contributed by atoms with van der Waals surface area (Å²) in [7, 11) is 0. The Kier molecular flexibility index (Phi) is 3.75. The largest absolute Gasteiger partial charge is 0.433 e. The first-order chi connectivity index (χ1) is 10.5. The third kappa shape index (κ3) is 2.77. The van der Waals surface area contributed by atoms with Gasteiger partial charge in [-0.2, -0.15) is 0 Å². The average Bonchev–Trinajstić information content (AvgIpc) is 3.08. The van der Waals surface area contributed by atoms with Crippen molar-refractivity contribution in [1.29, 1.82) is 0 Å². The molecule has 22 heavy (non-hydrogen) atoms. The van der Waals surface area contributed by atoms with Gasteiger partial charge in [-0.25, -0.2) is 9.79 Å². The summed E-state index contributed by atoms with van der Waals surface area (Å²) in [5, 5.41) is 10.6. The summed E-state index contributed by atoms with van der Waals surface area (Å²) in [6.07, 6.45) is 1.30. The SMILES string of the molecule is O=C1OC(c2ccccc2I)=N/C1=C/c1ccc([N+](=O)[O-])o1. The van der Waals surface area contributed by atoms with E-state index in [2.05, 4.69) is 27.6 Å². The van der Waals surface area contributed by atoms with Gasteiger partial charge in [0.15, 0.2) is 5.70 Å². The number of hydrogen-bond acceptors (Lipinski definition) is 6. The molecule has 0 fully saturated rings. The number of carbonyl (C=O) groups excluding carboxylic acids is 1. The van der Waals surface area contributed by atoms with Crippen molar-refractivity contribution in [2.75, 3.05) is 0 Å². The fourth-order valence-electron chi connectivity index (χ4n) is 1.81. The van der Waals surface area contributed by atoms with Crippen LogP contribution in [0.1, 0.15) is 11.3 Å². The summed E-state index contributed by atoms with van der Waals surface area (Å²) < 4.78 is 11.0. The maximum atomic E-state index is 11.8. The van der Waals surface area contributed by atoms with Crippen LogP contribution in [0, 0.1) is 13.7 Å². The molecule has 1 aliphatic heterocycles. The van der Waals surface area contributed by atoms with Crippen molar-refractivity contribution < 1.29 is 18.9 Å². The van der Waals surface area contributed by atoms with Crippen LogP contribution in [-0.4, -0.2) is 16.8 Å². The molecule has 0 N–H and O–H groups in total. The second kappa shape index (κ2) is 5.72. The Bertz CT molecular complexity index is 837. The first-order valence-corrected chi connectivity index (χ1v) is 7.14. The van der Waals surface area contributed by atoms with E-state index >= 15 is 0 Å². The number of esters is 1. The Morgan fingerprint density at radius 3 is 2.68 bits per heavy atom. The van der Waals surface area contributed by atoms with Crippen LogP contribution < -0.4 is 0 Å². The monoisotopic (exact) mass is 410 g/mol. The standard InChI is InChI=1S/C14H7IN2O5/c15-10-4-2-1-3-9(10)13-16-11(14(18)22-13)7-8-5-6-12(21-8)17(19)20/h1-7H/b11-7+. The number of hydrogen-bond donors (Lipinski definition) is 0. The number of carbonyl (C=O) groups is 1. The highest BCUT2D eigenvalue weighted by molar-refractivity contribution is 14.1. The summed E-state index contributed by atoms with van der Waals surface area (Å²) in [4.78, 5) is 25.9. The van der Waals surface area contributed by atoms with Crippen molar-refractivity contribution in [3.8, 4) is 0 Å². The molecule has 3 rings (SSSR count). The number of nitrogens with zero attached hydrogens (tertiary/aromatic N) is 2. The van der Waals surface area contributed by atoms with Crippen LogP contribution in [0.15, 0.2) is 51.5 Å². The zero-order valence-corrected chi connectivity index (χ0v) is 13.0. The predicted octanol–water partition coefficient (Wildman–Crippen LogP) is 3.14. The zero-order valence-electron chi connectivity index (χ0n) is 10.9. The lowest BCUT2D eigenvalue weighted by Gasteiger charge is -2.01. The molecule has 1 aromatic carbocycles. The molecule has 0 unspecified atom stereocenters. The number of benzene rings is 1. The minimum atomic E-state index is -0.657. The van der Waals surface area contributed by atoms with E-state index in [9.17, 15) is 14.9 Å². The van der Waals surface area contributed by atoms with Gasteiger partial charge in [0.2, 0.25) is 5.90 Å². The molecule has 7 nitrogen and oxygen atoms in total. The molecule has 110 valence electrons. The predicted molar refractivity (Wildman–Crippen MR) is 85.1 cm³/mol. The lowest BCUT2D eigenvalue weighted by Crippen LogP contribution is -2.06. The van der Waals surface area contributed by atoms with Gasteiger partial charge in [-0.3, -0.25) is 10.1 Å². The molecule has 0 spiro atoms. The minimum absolute atomic E-state index is 0.0268. The van der Waals surface area contributed by atoms with E-state index in [4.69, 9.17) is 9.15 Å². The van der Waals surface area contributed by atoms with E-state index in [-0.39, 0.29) is 17.4 Å². The van der Waals surface area contributed by atoms with Gasteiger partial charge in [0.1, 0.15) is 10.7 Å². The van der Waals surface area contributed by atoms with Crippen LogP contribution in [-0.2, 0) is 9.53 Å². The molecule has 0 atom stereocenters. The molecule has 1 aliphatic rings. The normalized spacial score (nSPS) is 15.8. The van der Waals surface area contributed by atoms with Crippen molar-refractivity contribution in [2.24, 2.45) is 4.99 Å². The number of aliphatic imine (C=N–C) groups is 1. The molecular weight excluding hydrogens is 403 g/mol. The van der Waals surface area contributed by atoms with E-state index in [1.165, 1.54) is 18.2 Å². The van der Waals surface area contributed by atoms with E-state index in [0.29, 0.717) is 5.56 Å². The molecule has 0 amide bonds. The van der Waals surface area contributed by atoms with Crippen molar-refractivity contribution in [2.45, 2.75) is 0 Å². The lowest BCUT2D eigenvalue weighted by atomic mass is 10.2. The molecule has 2 heterocycles. The average molecular weight is 410 g/mol. The third-order valence-corrected chi connectivity index (χ3v) is 3.74. The fraction of sp³-hybridized carbons (Fsp3) is 0. The van der Waals surface area contributed by atoms with Crippen molar-refractivity contribution >= 4 is 46.4 Å². The molecule has 0 saturated carbocycles. The molecule has 0 saturated heterocycles. The van der Waals surface area contributed by atoms with E-state index in [1.807, 2.05) is 18.2 Å². The number of cyclic esters (lactones) is 1. The van der Waals surface area contributed by atoms with Gasteiger partial charge < -0.3 is 9.15 Å². The van der Waals surface area contributed by atoms with Gasteiger partial charge in [-0.15, -0.1) is 0 Å². The van der Waals surface area contributed by atoms with Crippen molar-refractivity contribution in [3.05, 3.63) is 67.1 Å². The Morgan fingerprint density at radius 2 is 2.00 bits per heavy atom. The lowest BCUT2D eigenvalue weighted by molar-refractivity contribution is -0.402. The van der Waals surface area contributed by atoms with Gasteiger partial charge in [0, 0.05) is 9.65 Å². The maximum absolute atomic E-state index is 11.8. The summed E-state index contributed by atoms with van der Waals surface area (Å²) >= 11 is 2.11. The highest BCUT2D eigenvalue weighted by atomic mass is 127. The van der Waals surface area contributed by atoms with Crippen LogP contribution in [0.3, 0.4) is 0 Å². The van der Waals surface area contributed by atoms with Crippen LogP contribution in [0.2, 0.25) is 0 Å². The molecule has 2 aromatic rings. The molecule has 0 radical (unpaired) electrons. The van der Waals surface area contributed by atoms with Crippen LogP contribution in [0.5, 0.6) is 0 Å². The molecule has 0 aliphatic carbocycles. The number of nitro groups is 1. The first kappa shape index (κ1) is 14.4. The third-order valence-electron chi connectivity index (χ3n) is 2.80. The fourth-order valence-corrected chi connectivity index (χ4v) is 2.43. The van der Waals surface area contributed by atoms with Gasteiger partial charge in [0.25, 0.3) is 0 Å². The highest BCUT2D eigenvalue weighted by Gasteiger charge is 2.26. The van der Waals surface area contributed by atoms with Gasteiger partial charge in [-0.1, -0.05) is 12.1 Å². The molecule has 8 heteroatoms. The second-order valence-corrected chi connectivity index (χ2v) is 5.41. The van der Waals surface area contributed by atoms with Gasteiger partial charge >= 0.3 is 11.9 Å². The van der Waals surface area contributed by atoms with E-state index in [0.717, 1.165) is 3.57 Å². The molecule has 1 aromatic heterocycles. The Morgan fingerprint density at radius 1 is 1.23 bits per heavy atom. The topological polar surface area (TPSA) is 94.9 Å². The van der Waals surface area contributed by atoms with Crippen molar-refractivity contribution in [1.82, 2.24) is 0 Å². The van der Waals surface area contributed by atoms with Crippen LogP contribution in [0.25, 0.3) is 6.08 Å². The number of rotatable bonds is 3. The minimum Gasteiger partial charge on any atom is -0.402 e. The van der Waals surface area contributed by atoms with Gasteiger partial charge in [0.05, 0.1) is 11.6 Å². The Balaban J connectivity index is 1.94. The number of halogens is 1. The van der Waals surface area contributed by atoms with Crippen LogP contribution in [0.4, 0.5) is 5.88 Å². The first-order valence-electron chi connectivity index (χ1n) is 6.06. The second-order valence-electron chi connectivity index (χ2n) is 4.25. The number of furan rings is 1. The zero-order chi connectivity index (χ0) is 15.7. The van der Waals surface area contributed by atoms with Crippen LogP contribution >= 0.6 is 22.6 Å².